The van der Waals surface area contributed by atoms with Gasteiger partial charge in [-0.05, 0) is 31.4 Å². The number of fused-ring (bicyclic) bond motifs is 1. The number of halogens is 3. The van der Waals surface area contributed by atoms with Gasteiger partial charge in [0.15, 0.2) is 0 Å². The largest absolute Gasteiger partial charge is 0.416 e. The maximum atomic E-state index is 12.7. The fraction of sp³-hybridized carbons (Fsp3) is 0.357. The molecule has 0 aliphatic carbocycles. The first-order valence-electron chi connectivity index (χ1n) is 6.38. The van der Waals surface area contributed by atoms with Crippen molar-refractivity contribution in [3.05, 3.63) is 41.7 Å². The molecule has 2 heterocycles. The van der Waals surface area contributed by atoms with E-state index >= 15 is 0 Å². The average Bonchev–Trinajstić information content (AvgIpc) is 2.83. The van der Waals surface area contributed by atoms with Crippen LogP contribution in [0.25, 0.3) is 11.4 Å². The van der Waals surface area contributed by atoms with Crippen LogP contribution in [0.2, 0.25) is 0 Å². The van der Waals surface area contributed by atoms with E-state index in [0.717, 1.165) is 30.7 Å². The van der Waals surface area contributed by atoms with Crippen molar-refractivity contribution in [3.63, 3.8) is 0 Å². The fourth-order valence-electron chi connectivity index (χ4n) is 2.56. The SMILES string of the molecule is OC1CCCc2cnc(-c3cccc(C(F)(F)F)c3)n21. The van der Waals surface area contributed by atoms with Gasteiger partial charge in [0.1, 0.15) is 12.1 Å². The molecule has 3 rings (SSSR count). The number of nitrogens with zero attached hydrogens (tertiary/aromatic N) is 2. The van der Waals surface area contributed by atoms with Crippen LogP contribution in [0.5, 0.6) is 0 Å². The molecule has 1 aliphatic heterocycles. The lowest BCUT2D eigenvalue weighted by atomic mass is 10.1. The molecule has 0 saturated heterocycles. The monoisotopic (exact) mass is 282 g/mol. The number of aliphatic hydroxyl groups is 1. The second-order valence-electron chi connectivity index (χ2n) is 4.89. The molecule has 1 aromatic heterocycles. The first-order chi connectivity index (χ1) is 9.47. The van der Waals surface area contributed by atoms with E-state index in [9.17, 15) is 18.3 Å². The molecule has 3 nitrogen and oxygen atoms in total. The molecule has 20 heavy (non-hydrogen) atoms. The maximum absolute atomic E-state index is 12.7. The Labute approximate surface area is 113 Å². The summed E-state index contributed by atoms with van der Waals surface area (Å²) in [6.07, 6.45) is -1.25. The van der Waals surface area contributed by atoms with Crippen molar-refractivity contribution in [2.45, 2.75) is 31.7 Å². The Hall–Kier alpha value is -1.82. The summed E-state index contributed by atoms with van der Waals surface area (Å²) < 4.78 is 39.9. The van der Waals surface area contributed by atoms with Crippen molar-refractivity contribution in [1.82, 2.24) is 9.55 Å². The highest BCUT2D eigenvalue weighted by atomic mass is 19.4. The lowest BCUT2D eigenvalue weighted by Gasteiger charge is -2.23. The van der Waals surface area contributed by atoms with Gasteiger partial charge in [0.2, 0.25) is 0 Å². The molecule has 0 spiro atoms. The molecule has 0 amide bonds. The number of rotatable bonds is 1. The summed E-state index contributed by atoms with van der Waals surface area (Å²) in [6.45, 7) is 0. The minimum Gasteiger partial charge on any atom is -0.373 e. The Kier molecular flexibility index (Phi) is 3.05. The maximum Gasteiger partial charge on any atom is 0.416 e. The smallest absolute Gasteiger partial charge is 0.373 e. The van der Waals surface area contributed by atoms with Crippen molar-refractivity contribution in [2.75, 3.05) is 0 Å². The average molecular weight is 282 g/mol. The first kappa shape index (κ1) is 13.2. The number of hydrogen-bond donors (Lipinski definition) is 1. The molecule has 0 bridgehead atoms. The second-order valence-corrected chi connectivity index (χ2v) is 4.89. The van der Waals surface area contributed by atoms with Gasteiger partial charge in [-0.25, -0.2) is 4.98 Å². The predicted octanol–water partition coefficient (Wildman–Crippen LogP) is 3.40. The Morgan fingerprint density at radius 3 is 2.85 bits per heavy atom. The highest BCUT2D eigenvalue weighted by molar-refractivity contribution is 5.58. The third-order valence-electron chi connectivity index (χ3n) is 3.51. The number of aliphatic hydroxyl groups excluding tert-OH is 1. The van der Waals surface area contributed by atoms with Crippen LogP contribution in [0.1, 0.15) is 30.3 Å². The molecule has 1 aromatic carbocycles. The lowest BCUT2D eigenvalue weighted by Crippen LogP contribution is -2.17. The predicted molar refractivity (Wildman–Crippen MR) is 66.9 cm³/mol. The number of imidazole rings is 1. The molecular formula is C14H13F3N2O. The van der Waals surface area contributed by atoms with Crippen molar-refractivity contribution < 1.29 is 18.3 Å². The van der Waals surface area contributed by atoms with E-state index in [-0.39, 0.29) is 0 Å². The van der Waals surface area contributed by atoms with E-state index in [1.165, 1.54) is 6.07 Å². The molecule has 1 unspecified atom stereocenters. The van der Waals surface area contributed by atoms with Gasteiger partial charge in [-0.3, -0.25) is 0 Å². The van der Waals surface area contributed by atoms with Crippen LogP contribution in [0, 0.1) is 0 Å². The third kappa shape index (κ3) is 2.20. The van der Waals surface area contributed by atoms with E-state index in [1.807, 2.05) is 0 Å². The number of benzene rings is 1. The summed E-state index contributed by atoms with van der Waals surface area (Å²) in [5, 5.41) is 10.0. The number of aryl methyl sites for hydroxylation is 1. The fourth-order valence-corrected chi connectivity index (χ4v) is 2.56. The molecule has 1 atom stereocenters. The van der Waals surface area contributed by atoms with E-state index in [1.54, 1.807) is 16.8 Å². The zero-order chi connectivity index (χ0) is 14.3. The quantitative estimate of drug-likeness (QED) is 0.870. The molecule has 1 N–H and O–H groups in total. The second kappa shape index (κ2) is 4.63. The zero-order valence-electron chi connectivity index (χ0n) is 10.6. The van der Waals surface area contributed by atoms with E-state index in [4.69, 9.17) is 0 Å². The molecule has 0 radical (unpaired) electrons. The minimum atomic E-state index is -4.38. The van der Waals surface area contributed by atoms with E-state index in [0.29, 0.717) is 17.8 Å². The highest BCUT2D eigenvalue weighted by Gasteiger charge is 2.31. The summed E-state index contributed by atoms with van der Waals surface area (Å²) in [5.41, 5.74) is 0.515. The van der Waals surface area contributed by atoms with Gasteiger partial charge in [0, 0.05) is 17.5 Å². The van der Waals surface area contributed by atoms with Crippen LogP contribution in [-0.2, 0) is 12.6 Å². The Morgan fingerprint density at radius 1 is 1.30 bits per heavy atom. The molecule has 106 valence electrons. The lowest BCUT2D eigenvalue weighted by molar-refractivity contribution is -0.137. The van der Waals surface area contributed by atoms with Gasteiger partial charge in [0.25, 0.3) is 0 Å². The van der Waals surface area contributed by atoms with Crippen LogP contribution in [0.15, 0.2) is 30.5 Å². The van der Waals surface area contributed by atoms with E-state index < -0.39 is 18.0 Å². The summed E-state index contributed by atoms with van der Waals surface area (Å²) >= 11 is 0. The summed E-state index contributed by atoms with van der Waals surface area (Å²) in [6, 6.07) is 5.03. The molecule has 1 aliphatic rings. The van der Waals surface area contributed by atoms with Crippen molar-refractivity contribution in [2.24, 2.45) is 0 Å². The van der Waals surface area contributed by atoms with Gasteiger partial charge in [-0.15, -0.1) is 0 Å². The Balaban J connectivity index is 2.08. The van der Waals surface area contributed by atoms with Crippen LogP contribution < -0.4 is 0 Å². The number of hydrogen-bond acceptors (Lipinski definition) is 2. The van der Waals surface area contributed by atoms with Crippen LogP contribution in [0.4, 0.5) is 13.2 Å². The normalized spacial score (nSPS) is 18.9. The molecule has 0 saturated carbocycles. The summed E-state index contributed by atoms with van der Waals surface area (Å²) in [7, 11) is 0. The molecule has 2 aromatic rings. The van der Waals surface area contributed by atoms with E-state index in [2.05, 4.69) is 4.98 Å². The number of aromatic nitrogens is 2. The van der Waals surface area contributed by atoms with Gasteiger partial charge in [-0.2, -0.15) is 13.2 Å². The molecular weight excluding hydrogens is 269 g/mol. The van der Waals surface area contributed by atoms with Gasteiger partial charge >= 0.3 is 6.18 Å². The third-order valence-corrected chi connectivity index (χ3v) is 3.51. The van der Waals surface area contributed by atoms with Crippen LogP contribution in [-0.4, -0.2) is 14.7 Å². The van der Waals surface area contributed by atoms with Crippen molar-refractivity contribution >= 4 is 0 Å². The van der Waals surface area contributed by atoms with Crippen LogP contribution >= 0.6 is 0 Å². The Morgan fingerprint density at radius 2 is 2.10 bits per heavy atom. The first-order valence-corrected chi connectivity index (χ1v) is 6.38. The summed E-state index contributed by atoms with van der Waals surface area (Å²) in [4.78, 5) is 4.18. The van der Waals surface area contributed by atoms with Gasteiger partial charge < -0.3 is 9.67 Å². The Bertz CT molecular complexity index is 634. The molecule has 6 heteroatoms. The highest BCUT2D eigenvalue weighted by Crippen LogP contribution is 2.34. The van der Waals surface area contributed by atoms with Crippen LogP contribution in [0.3, 0.4) is 0 Å². The zero-order valence-corrected chi connectivity index (χ0v) is 10.6. The van der Waals surface area contributed by atoms with Crippen molar-refractivity contribution in [1.29, 1.82) is 0 Å². The topological polar surface area (TPSA) is 38.1 Å². The summed E-state index contributed by atoms with van der Waals surface area (Å²) in [5.74, 6) is 0.387. The van der Waals surface area contributed by atoms with Crippen molar-refractivity contribution in [3.8, 4) is 11.4 Å². The molecule has 0 fully saturated rings. The number of alkyl halides is 3. The van der Waals surface area contributed by atoms with Gasteiger partial charge in [0.05, 0.1) is 5.56 Å². The van der Waals surface area contributed by atoms with Gasteiger partial charge in [-0.1, -0.05) is 12.1 Å². The standard InChI is InChI=1S/C14H13F3N2O/c15-14(16,17)10-4-1-3-9(7-10)13-18-8-11-5-2-6-12(20)19(11)13/h1,3-4,7-8,12,20H,2,5-6H2. The minimum absolute atomic E-state index is 0.368.